The van der Waals surface area contributed by atoms with Gasteiger partial charge < -0.3 is 43.5 Å². The van der Waals surface area contributed by atoms with Crippen molar-refractivity contribution in [2.45, 2.75) is 12.3 Å². The Kier molecular flexibility index (Phi) is 8.48. The number of benzene rings is 3. The highest BCUT2D eigenvalue weighted by Gasteiger charge is 2.48. The minimum absolute atomic E-state index is 0.0135. The minimum atomic E-state index is -0.877. The summed E-state index contributed by atoms with van der Waals surface area (Å²) in [6, 6.07) is 13.6. The van der Waals surface area contributed by atoms with Gasteiger partial charge in [0.15, 0.2) is 23.0 Å². The van der Waals surface area contributed by atoms with Crippen molar-refractivity contribution in [3.05, 3.63) is 75.3 Å². The fourth-order valence-electron chi connectivity index (χ4n) is 7.07. The Morgan fingerprint density at radius 3 is 2.29 bits per heavy atom. The molecule has 0 radical (unpaired) electrons. The van der Waals surface area contributed by atoms with E-state index in [0.717, 1.165) is 16.8 Å². The van der Waals surface area contributed by atoms with Gasteiger partial charge in [0.25, 0.3) is 5.69 Å². The van der Waals surface area contributed by atoms with Gasteiger partial charge in [0.2, 0.25) is 18.4 Å². The van der Waals surface area contributed by atoms with Crippen molar-refractivity contribution in [2.24, 2.45) is 11.8 Å². The van der Waals surface area contributed by atoms with E-state index in [9.17, 15) is 24.5 Å². The summed E-state index contributed by atoms with van der Waals surface area (Å²) in [4.78, 5) is 53.1. The standard InChI is InChI=1S/C34H34N4O11/c1-44-27-13-20(30-24-15-26-25(47-18-48-26)12-19(24)11-21-17-46-33(40)31(21)30)14-28(45-2)32(27)49-34(41)35-16-29(39)37-9-7-36(8-10-37)22-3-5-23(6-4-22)38(42)43/h3-6,12-15,21,30-31H,7-11,16-18H2,1-2H3,(H,35,41)/t21-,30+,31-/m0/s1. The number of methoxy groups -OCH3 is 2. The Balaban J connectivity index is 1.03. The molecule has 1 aliphatic carbocycles. The number of hydrogen-bond donors (Lipinski definition) is 1. The predicted molar refractivity (Wildman–Crippen MR) is 172 cm³/mol. The van der Waals surface area contributed by atoms with Gasteiger partial charge in [-0.2, -0.15) is 0 Å². The number of nitro groups is 1. The average molecular weight is 675 g/mol. The molecule has 3 heterocycles. The van der Waals surface area contributed by atoms with Crippen LogP contribution in [-0.2, 0) is 20.7 Å². The second-order valence-corrected chi connectivity index (χ2v) is 12.1. The summed E-state index contributed by atoms with van der Waals surface area (Å²) in [5.41, 5.74) is 3.49. The van der Waals surface area contributed by atoms with E-state index in [4.69, 9.17) is 28.4 Å². The van der Waals surface area contributed by atoms with Crippen LogP contribution in [0.5, 0.6) is 28.7 Å². The van der Waals surface area contributed by atoms with Gasteiger partial charge in [0, 0.05) is 55.8 Å². The number of esters is 1. The van der Waals surface area contributed by atoms with Crippen molar-refractivity contribution in [1.82, 2.24) is 10.2 Å². The number of cyclic esters (lactones) is 1. The summed E-state index contributed by atoms with van der Waals surface area (Å²) in [7, 11) is 2.87. The Labute approximate surface area is 280 Å². The van der Waals surface area contributed by atoms with E-state index >= 15 is 0 Å². The molecule has 0 aromatic heterocycles. The summed E-state index contributed by atoms with van der Waals surface area (Å²) in [5, 5.41) is 13.5. The highest BCUT2D eigenvalue weighted by atomic mass is 16.7. The van der Waals surface area contributed by atoms with Crippen LogP contribution >= 0.6 is 0 Å². The molecule has 3 atom stereocenters. The fourth-order valence-corrected chi connectivity index (χ4v) is 7.07. The van der Waals surface area contributed by atoms with Crippen LogP contribution in [0.2, 0.25) is 0 Å². The molecule has 7 rings (SSSR count). The Bertz CT molecular complexity index is 1780. The van der Waals surface area contributed by atoms with E-state index < -0.39 is 22.9 Å². The summed E-state index contributed by atoms with van der Waals surface area (Å²) in [6.45, 7) is 2.04. The minimum Gasteiger partial charge on any atom is -0.493 e. The molecule has 256 valence electrons. The van der Waals surface area contributed by atoms with Crippen LogP contribution in [0, 0.1) is 22.0 Å². The molecule has 3 aromatic carbocycles. The number of non-ortho nitro benzene ring substituents is 1. The molecule has 15 heteroatoms. The summed E-state index contributed by atoms with van der Waals surface area (Å²) < 4.78 is 33.7. The molecule has 3 aliphatic heterocycles. The molecule has 4 aliphatic rings. The highest BCUT2D eigenvalue weighted by molar-refractivity contribution is 5.84. The maximum Gasteiger partial charge on any atom is 0.413 e. The van der Waals surface area contributed by atoms with Crippen LogP contribution in [0.3, 0.4) is 0 Å². The first-order valence-corrected chi connectivity index (χ1v) is 15.8. The van der Waals surface area contributed by atoms with Gasteiger partial charge in [-0.15, -0.1) is 0 Å². The van der Waals surface area contributed by atoms with Crippen LogP contribution in [0.15, 0.2) is 48.5 Å². The monoisotopic (exact) mass is 674 g/mol. The smallest absolute Gasteiger partial charge is 0.413 e. The highest BCUT2D eigenvalue weighted by Crippen LogP contribution is 2.52. The summed E-state index contributed by atoms with van der Waals surface area (Å²) >= 11 is 0. The number of amides is 2. The van der Waals surface area contributed by atoms with Crippen molar-refractivity contribution in [3.8, 4) is 28.7 Å². The van der Waals surface area contributed by atoms with Gasteiger partial charge >= 0.3 is 12.1 Å². The molecule has 3 aromatic rings. The number of nitrogens with one attached hydrogen (secondary N) is 1. The maximum absolute atomic E-state index is 13.0. The zero-order valence-electron chi connectivity index (χ0n) is 26.8. The van der Waals surface area contributed by atoms with Gasteiger partial charge in [0.1, 0.15) is 6.54 Å². The second kappa shape index (κ2) is 13.1. The van der Waals surface area contributed by atoms with E-state index in [1.807, 2.05) is 17.0 Å². The lowest BCUT2D eigenvalue weighted by Gasteiger charge is -2.36. The first-order chi connectivity index (χ1) is 23.7. The predicted octanol–water partition coefficient (Wildman–Crippen LogP) is 3.26. The van der Waals surface area contributed by atoms with Crippen LogP contribution in [-0.4, -0.2) is 88.1 Å². The zero-order valence-corrected chi connectivity index (χ0v) is 26.8. The second-order valence-electron chi connectivity index (χ2n) is 12.1. The number of fused-ring (bicyclic) bond motifs is 3. The molecular formula is C34H34N4O11. The van der Waals surface area contributed by atoms with E-state index in [1.165, 1.54) is 26.4 Å². The van der Waals surface area contributed by atoms with E-state index in [2.05, 4.69) is 5.32 Å². The molecule has 15 nitrogen and oxygen atoms in total. The quantitative estimate of drug-likeness (QED) is 0.211. The molecule has 0 bridgehead atoms. The number of rotatable bonds is 8. The first-order valence-electron chi connectivity index (χ1n) is 15.8. The lowest BCUT2D eigenvalue weighted by Crippen LogP contribution is -2.51. The third kappa shape index (κ3) is 6.07. The number of piperazine rings is 1. The Hall–Kier alpha value is -5.73. The molecule has 1 N–H and O–H groups in total. The normalized spacial score (nSPS) is 20.5. The van der Waals surface area contributed by atoms with Crippen LogP contribution in [0.4, 0.5) is 16.2 Å². The molecular weight excluding hydrogens is 640 g/mol. The van der Waals surface area contributed by atoms with Crippen LogP contribution < -0.4 is 33.9 Å². The first kappa shape index (κ1) is 31.8. The van der Waals surface area contributed by atoms with Gasteiger partial charge in [-0.25, -0.2) is 4.79 Å². The van der Waals surface area contributed by atoms with Crippen LogP contribution in [0.25, 0.3) is 0 Å². The van der Waals surface area contributed by atoms with Gasteiger partial charge in [-0.05, 0) is 59.5 Å². The number of nitro benzene ring substituents is 1. The molecule has 0 spiro atoms. The van der Waals surface area contributed by atoms with Crippen molar-refractivity contribution >= 4 is 29.3 Å². The lowest BCUT2D eigenvalue weighted by atomic mass is 9.67. The maximum atomic E-state index is 13.0. The molecule has 2 fully saturated rings. The topological polar surface area (TPSA) is 168 Å². The van der Waals surface area contributed by atoms with Crippen molar-refractivity contribution in [1.29, 1.82) is 0 Å². The molecule has 2 saturated heterocycles. The van der Waals surface area contributed by atoms with Gasteiger partial charge in [0.05, 0.1) is 31.7 Å². The SMILES string of the molecule is COc1cc([C@@H]2c3cc4c(cc3C[C@H]3COC(=O)[C@@H]32)OCO4)cc(OC)c1OC(=O)NCC(=O)N1CCN(c2ccc([N+](=O)[O-])cc2)CC1. The lowest BCUT2D eigenvalue weighted by molar-refractivity contribution is -0.384. The van der Waals surface area contributed by atoms with Crippen molar-refractivity contribution in [2.75, 3.05) is 65.2 Å². The van der Waals surface area contributed by atoms with Crippen molar-refractivity contribution < 1.29 is 47.7 Å². The third-order valence-electron chi connectivity index (χ3n) is 9.51. The number of ether oxygens (including phenoxy) is 6. The van der Waals surface area contributed by atoms with Crippen LogP contribution in [0.1, 0.15) is 22.6 Å². The average Bonchev–Trinajstić information content (AvgIpc) is 3.74. The van der Waals surface area contributed by atoms with E-state index in [1.54, 1.807) is 29.2 Å². The van der Waals surface area contributed by atoms with Crippen molar-refractivity contribution in [3.63, 3.8) is 0 Å². The van der Waals surface area contributed by atoms with Gasteiger partial charge in [-0.3, -0.25) is 19.7 Å². The number of carbonyl (C=O) groups is 3. The largest absolute Gasteiger partial charge is 0.493 e. The summed E-state index contributed by atoms with van der Waals surface area (Å²) in [6.07, 6.45) is -0.222. The summed E-state index contributed by atoms with van der Waals surface area (Å²) in [5.74, 6) is 0.219. The molecule has 0 unspecified atom stereocenters. The Morgan fingerprint density at radius 2 is 1.63 bits per heavy atom. The number of nitrogens with zero attached hydrogens (tertiary/aromatic N) is 3. The number of hydrogen-bond acceptors (Lipinski definition) is 12. The number of carbonyl (C=O) groups excluding carboxylic acids is 3. The van der Waals surface area contributed by atoms with E-state index in [-0.39, 0.29) is 54.1 Å². The zero-order chi connectivity index (χ0) is 34.2. The third-order valence-corrected chi connectivity index (χ3v) is 9.51. The van der Waals surface area contributed by atoms with Gasteiger partial charge in [-0.1, -0.05) is 0 Å². The molecule has 49 heavy (non-hydrogen) atoms. The fraction of sp³-hybridized carbons (Fsp3) is 0.382. The molecule has 0 saturated carbocycles. The van der Waals surface area contributed by atoms with E-state index in [0.29, 0.717) is 56.3 Å². The molecule has 2 amide bonds. The Morgan fingerprint density at radius 1 is 0.959 bits per heavy atom. The number of anilines is 1.